The van der Waals surface area contributed by atoms with Crippen LogP contribution in [-0.4, -0.2) is 0 Å². The van der Waals surface area contributed by atoms with E-state index in [1.807, 2.05) is 31.2 Å². The summed E-state index contributed by atoms with van der Waals surface area (Å²) in [5, 5.41) is 8.82. The number of nitriles is 1. The maximum absolute atomic E-state index is 8.82. The molecule has 1 rings (SSSR count). The summed E-state index contributed by atoms with van der Waals surface area (Å²) in [5.74, 6) is 0. The molecule has 2 nitrogen and oxygen atoms in total. The Morgan fingerprint density at radius 1 is 1.40 bits per heavy atom. The lowest BCUT2D eigenvalue weighted by Gasteiger charge is -2.02. The first kappa shape index (κ1) is 11.1. The first-order chi connectivity index (χ1) is 7.04. The van der Waals surface area contributed by atoms with Crippen LogP contribution in [0.25, 0.3) is 6.08 Å². The standard InChI is InChI=1S/C13H14N2/c1-9-4-5-12(6-10(9)2)7-13(8-14)11(3)15/h4-7H,3,15H2,1-2H3/b13-7+. The minimum Gasteiger partial charge on any atom is -0.398 e. The van der Waals surface area contributed by atoms with Gasteiger partial charge in [-0.3, -0.25) is 0 Å². The number of benzene rings is 1. The predicted molar refractivity (Wildman–Crippen MR) is 62.8 cm³/mol. The quantitative estimate of drug-likeness (QED) is 0.586. The Balaban J connectivity index is 3.14. The lowest BCUT2D eigenvalue weighted by atomic mass is 10.0. The Kier molecular flexibility index (Phi) is 3.30. The fourth-order valence-corrected chi connectivity index (χ4v) is 1.22. The van der Waals surface area contributed by atoms with Crippen LogP contribution < -0.4 is 5.73 Å². The van der Waals surface area contributed by atoms with Gasteiger partial charge in [0.05, 0.1) is 5.57 Å². The molecular formula is C13H14N2. The van der Waals surface area contributed by atoms with Gasteiger partial charge in [-0.05, 0) is 36.6 Å². The van der Waals surface area contributed by atoms with E-state index >= 15 is 0 Å². The zero-order valence-electron chi connectivity index (χ0n) is 9.04. The molecule has 0 aliphatic carbocycles. The number of hydrogen-bond donors (Lipinski definition) is 1. The third kappa shape index (κ3) is 2.72. The van der Waals surface area contributed by atoms with E-state index in [2.05, 4.69) is 13.5 Å². The normalized spacial score (nSPS) is 10.9. The molecule has 76 valence electrons. The SMILES string of the molecule is C=C(N)/C(C#N)=C/c1ccc(C)c(C)c1. The molecule has 0 aromatic heterocycles. The average molecular weight is 198 g/mol. The number of allylic oxidation sites excluding steroid dienone is 1. The van der Waals surface area contributed by atoms with Crippen molar-refractivity contribution in [2.24, 2.45) is 5.73 Å². The molecule has 0 aliphatic heterocycles. The summed E-state index contributed by atoms with van der Waals surface area (Å²) < 4.78 is 0. The highest BCUT2D eigenvalue weighted by molar-refractivity contribution is 5.63. The second kappa shape index (κ2) is 4.47. The largest absolute Gasteiger partial charge is 0.398 e. The number of rotatable bonds is 2. The molecule has 0 fully saturated rings. The lowest BCUT2D eigenvalue weighted by molar-refractivity contribution is 1.33. The first-order valence-corrected chi connectivity index (χ1v) is 4.68. The van der Waals surface area contributed by atoms with Crippen molar-refractivity contribution < 1.29 is 0 Å². The smallest absolute Gasteiger partial charge is 0.101 e. The fraction of sp³-hybridized carbons (Fsp3) is 0.154. The van der Waals surface area contributed by atoms with E-state index in [1.54, 1.807) is 6.08 Å². The van der Waals surface area contributed by atoms with Crippen molar-refractivity contribution in [2.45, 2.75) is 13.8 Å². The molecule has 1 aromatic rings. The van der Waals surface area contributed by atoms with Crippen molar-refractivity contribution in [3.05, 3.63) is 52.7 Å². The van der Waals surface area contributed by atoms with Gasteiger partial charge >= 0.3 is 0 Å². The summed E-state index contributed by atoms with van der Waals surface area (Å²) in [6.45, 7) is 7.64. The molecule has 0 unspecified atom stereocenters. The van der Waals surface area contributed by atoms with Gasteiger partial charge in [0.25, 0.3) is 0 Å². The molecule has 15 heavy (non-hydrogen) atoms. The number of aryl methyl sites for hydroxylation is 2. The van der Waals surface area contributed by atoms with Gasteiger partial charge in [0.1, 0.15) is 6.07 Å². The Morgan fingerprint density at radius 3 is 2.53 bits per heavy atom. The third-order valence-corrected chi connectivity index (χ3v) is 2.31. The van der Waals surface area contributed by atoms with E-state index in [1.165, 1.54) is 11.1 Å². The minimum absolute atomic E-state index is 0.302. The molecule has 1 aromatic carbocycles. The second-order valence-corrected chi connectivity index (χ2v) is 3.54. The molecule has 0 spiro atoms. The van der Waals surface area contributed by atoms with Crippen LogP contribution in [0.15, 0.2) is 36.0 Å². The highest BCUT2D eigenvalue weighted by Crippen LogP contribution is 2.14. The molecule has 0 radical (unpaired) electrons. The van der Waals surface area contributed by atoms with Crippen molar-refractivity contribution in [2.75, 3.05) is 0 Å². The predicted octanol–water partition coefficient (Wildman–Crippen LogP) is 2.68. The maximum Gasteiger partial charge on any atom is 0.101 e. The van der Waals surface area contributed by atoms with Gasteiger partial charge in [-0.25, -0.2) is 0 Å². The van der Waals surface area contributed by atoms with Crippen LogP contribution >= 0.6 is 0 Å². The summed E-state index contributed by atoms with van der Waals surface area (Å²) in [4.78, 5) is 0. The molecule has 2 heteroatoms. The van der Waals surface area contributed by atoms with Gasteiger partial charge in [-0.15, -0.1) is 0 Å². The Hall–Kier alpha value is -2.01. The van der Waals surface area contributed by atoms with E-state index in [9.17, 15) is 0 Å². The number of hydrogen-bond acceptors (Lipinski definition) is 2. The van der Waals surface area contributed by atoms with Crippen LogP contribution in [0, 0.1) is 25.2 Å². The third-order valence-electron chi connectivity index (χ3n) is 2.31. The van der Waals surface area contributed by atoms with Crippen molar-refractivity contribution >= 4 is 6.08 Å². The number of nitrogens with two attached hydrogens (primary N) is 1. The van der Waals surface area contributed by atoms with Crippen molar-refractivity contribution in [3.63, 3.8) is 0 Å². The molecule has 0 amide bonds. The highest BCUT2D eigenvalue weighted by atomic mass is 14.6. The minimum atomic E-state index is 0.302. The monoisotopic (exact) mass is 198 g/mol. The molecule has 0 heterocycles. The molecular weight excluding hydrogens is 184 g/mol. The summed E-state index contributed by atoms with van der Waals surface area (Å²) in [6.07, 6.45) is 1.74. The van der Waals surface area contributed by atoms with E-state index in [4.69, 9.17) is 11.0 Å². The molecule has 0 atom stereocenters. The summed E-state index contributed by atoms with van der Waals surface area (Å²) in [5.41, 5.74) is 9.60. The molecule has 0 bridgehead atoms. The van der Waals surface area contributed by atoms with Gasteiger partial charge in [-0.2, -0.15) is 5.26 Å². The van der Waals surface area contributed by atoms with Crippen LogP contribution in [0.5, 0.6) is 0 Å². The summed E-state index contributed by atoms with van der Waals surface area (Å²) in [6, 6.07) is 8.03. The summed E-state index contributed by atoms with van der Waals surface area (Å²) >= 11 is 0. The van der Waals surface area contributed by atoms with E-state index in [0.29, 0.717) is 11.3 Å². The van der Waals surface area contributed by atoms with E-state index < -0.39 is 0 Å². The van der Waals surface area contributed by atoms with Crippen LogP contribution in [0.1, 0.15) is 16.7 Å². The van der Waals surface area contributed by atoms with Crippen molar-refractivity contribution in [1.82, 2.24) is 0 Å². The lowest BCUT2D eigenvalue weighted by Crippen LogP contribution is -1.97. The van der Waals surface area contributed by atoms with Gasteiger partial charge in [0, 0.05) is 5.70 Å². The average Bonchev–Trinajstić information content (AvgIpc) is 2.19. The van der Waals surface area contributed by atoms with Crippen molar-refractivity contribution in [3.8, 4) is 6.07 Å². The van der Waals surface area contributed by atoms with Crippen molar-refractivity contribution in [1.29, 1.82) is 5.26 Å². The molecule has 0 saturated carbocycles. The molecule has 0 aliphatic rings. The van der Waals surface area contributed by atoms with Crippen LogP contribution in [-0.2, 0) is 0 Å². The van der Waals surface area contributed by atoms with Crippen LogP contribution in [0.2, 0.25) is 0 Å². The zero-order valence-corrected chi connectivity index (χ0v) is 9.04. The van der Waals surface area contributed by atoms with Gasteiger partial charge in [-0.1, -0.05) is 24.8 Å². The number of nitrogens with zero attached hydrogens (tertiary/aromatic N) is 1. The zero-order chi connectivity index (χ0) is 11.4. The summed E-state index contributed by atoms with van der Waals surface area (Å²) in [7, 11) is 0. The van der Waals surface area contributed by atoms with Crippen LogP contribution in [0.4, 0.5) is 0 Å². The second-order valence-electron chi connectivity index (χ2n) is 3.54. The van der Waals surface area contributed by atoms with Gasteiger partial charge in [0.15, 0.2) is 0 Å². The Morgan fingerprint density at radius 2 is 2.07 bits per heavy atom. The molecule has 2 N–H and O–H groups in total. The van der Waals surface area contributed by atoms with Crippen LogP contribution in [0.3, 0.4) is 0 Å². The maximum atomic E-state index is 8.82. The fourth-order valence-electron chi connectivity index (χ4n) is 1.22. The molecule has 0 saturated heterocycles. The van der Waals surface area contributed by atoms with Gasteiger partial charge < -0.3 is 5.73 Å². The van der Waals surface area contributed by atoms with Gasteiger partial charge in [0.2, 0.25) is 0 Å². The Bertz CT molecular complexity index is 462. The Labute approximate surface area is 90.3 Å². The highest BCUT2D eigenvalue weighted by Gasteiger charge is 1.98. The first-order valence-electron chi connectivity index (χ1n) is 4.68. The topological polar surface area (TPSA) is 49.8 Å². The van der Waals surface area contributed by atoms with E-state index in [0.717, 1.165) is 5.56 Å². The van der Waals surface area contributed by atoms with E-state index in [-0.39, 0.29) is 0 Å².